The van der Waals surface area contributed by atoms with Gasteiger partial charge in [-0.05, 0) is 24.1 Å². The van der Waals surface area contributed by atoms with E-state index in [9.17, 15) is 9.59 Å². The number of piperazine rings is 1. The first-order valence-corrected chi connectivity index (χ1v) is 11.9. The Morgan fingerprint density at radius 1 is 1.18 bits per heavy atom. The van der Waals surface area contributed by atoms with Gasteiger partial charge in [0.1, 0.15) is 18.0 Å². The minimum atomic E-state index is -0.265. The Hall–Kier alpha value is -2.71. The molecule has 4 rings (SSSR count). The molecule has 1 saturated heterocycles. The largest absolute Gasteiger partial charge is 0.353 e. The van der Waals surface area contributed by atoms with Crippen LogP contribution in [0.2, 0.25) is 5.02 Å². The van der Waals surface area contributed by atoms with Crippen molar-refractivity contribution in [3.05, 3.63) is 46.7 Å². The number of anilines is 2. The van der Waals surface area contributed by atoms with Gasteiger partial charge in [0, 0.05) is 55.3 Å². The maximum Gasteiger partial charge on any atom is 0.231 e. The molecule has 0 saturated carbocycles. The fourth-order valence-corrected chi connectivity index (χ4v) is 4.49. The second-order valence-electron chi connectivity index (χ2n) is 9.10. The average Bonchev–Trinajstić information content (AvgIpc) is 2.80. The molecule has 0 spiro atoms. The summed E-state index contributed by atoms with van der Waals surface area (Å²) in [6.45, 7) is 9.24. The zero-order valence-electron chi connectivity index (χ0n) is 19.3. The van der Waals surface area contributed by atoms with Gasteiger partial charge in [0.25, 0.3) is 0 Å². The first-order chi connectivity index (χ1) is 15.8. The molecule has 0 bridgehead atoms. The van der Waals surface area contributed by atoms with Crippen molar-refractivity contribution in [2.45, 2.75) is 39.2 Å². The number of aromatic nitrogens is 2. The topological polar surface area (TPSA) is 90.5 Å². The van der Waals surface area contributed by atoms with Gasteiger partial charge >= 0.3 is 0 Å². The molecule has 1 fully saturated rings. The molecule has 1 aromatic carbocycles. The molecular weight excluding hydrogens is 440 g/mol. The van der Waals surface area contributed by atoms with Crippen LogP contribution < -0.4 is 15.5 Å². The highest BCUT2D eigenvalue weighted by Crippen LogP contribution is 2.31. The lowest BCUT2D eigenvalue weighted by atomic mass is 9.96. The van der Waals surface area contributed by atoms with Crippen molar-refractivity contribution in [3.8, 4) is 0 Å². The summed E-state index contributed by atoms with van der Waals surface area (Å²) in [7, 11) is 0. The lowest BCUT2D eigenvalue weighted by Crippen LogP contribution is -2.51. The molecule has 2 aromatic rings. The Kier molecular flexibility index (Phi) is 7.14. The van der Waals surface area contributed by atoms with Gasteiger partial charge in [0.05, 0.1) is 5.92 Å². The van der Waals surface area contributed by atoms with Gasteiger partial charge in [0.15, 0.2) is 0 Å². The van der Waals surface area contributed by atoms with Crippen molar-refractivity contribution in [3.63, 3.8) is 0 Å². The van der Waals surface area contributed by atoms with Crippen LogP contribution in [-0.2, 0) is 16.0 Å². The molecule has 2 aliphatic rings. The summed E-state index contributed by atoms with van der Waals surface area (Å²) in [5, 5.41) is 6.95. The van der Waals surface area contributed by atoms with Gasteiger partial charge < -0.3 is 20.4 Å². The van der Waals surface area contributed by atoms with Crippen molar-refractivity contribution in [2.75, 3.05) is 42.9 Å². The number of carbonyl (C=O) groups excluding carboxylic acids is 2. The van der Waals surface area contributed by atoms with Crippen molar-refractivity contribution in [1.29, 1.82) is 0 Å². The minimum absolute atomic E-state index is 0.00851. The summed E-state index contributed by atoms with van der Waals surface area (Å²) in [6.07, 6.45) is 2.12. The van der Waals surface area contributed by atoms with E-state index in [0.717, 1.165) is 16.9 Å². The fourth-order valence-electron chi connectivity index (χ4n) is 4.37. The SMILES string of the molecule is CC(C)NC[C@@H](C(=O)N1CCN(c2ncnc3c2C[C@@H](C)C(=O)N3)CC1)c1ccc(Cl)cc1. The van der Waals surface area contributed by atoms with Crippen LogP contribution in [0.5, 0.6) is 0 Å². The third-order valence-electron chi connectivity index (χ3n) is 6.31. The molecule has 2 N–H and O–H groups in total. The van der Waals surface area contributed by atoms with Crippen LogP contribution in [0.25, 0.3) is 0 Å². The van der Waals surface area contributed by atoms with Crippen LogP contribution in [0.3, 0.4) is 0 Å². The molecular formula is C24H31ClN6O2. The number of hydrogen-bond donors (Lipinski definition) is 2. The maximum atomic E-state index is 13.5. The van der Waals surface area contributed by atoms with Crippen LogP contribution >= 0.6 is 11.6 Å². The fraction of sp³-hybridized carbons (Fsp3) is 0.500. The Morgan fingerprint density at radius 3 is 2.55 bits per heavy atom. The molecule has 33 heavy (non-hydrogen) atoms. The summed E-state index contributed by atoms with van der Waals surface area (Å²) < 4.78 is 0. The lowest BCUT2D eigenvalue weighted by molar-refractivity contribution is -0.133. The zero-order chi connectivity index (χ0) is 23.5. The summed E-state index contributed by atoms with van der Waals surface area (Å²) in [6, 6.07) is 7.83. The number of carbonyl (C=O) groups is 2. The number of benzene rings is 1. The third-order valence-corrected chi connectivity index (χ3v) is 6.57. The summed E-state index contributed by atoms with van der Waals surface area (Å²) in [5.41, 5.74) is 1.94. The lowest BCUT2D eigenvalue weighted by Gasteiger charge is -2.38. The van der Waals surface area contributed by atoms with E-state index >= 15 is 0 Å². The zero-order valence-corrected chi connectivity index (χ0v) is 20.1. The van der Waals surface area contributed by atoms with Crippen LogP contribution in [-0.4, -0.2) is 65.4 Å². The number of halogens is 1. The average molecular weight is 471 g/mol. The van der Waals surface area contributed by atoms with Crippen molar-refractivity contribution < 1.29 is 9.59 Å². The van der Waals surface area contributed by atoms with E-state index < -0.39 is 0 Å². The number of nitrogens with one attached hydrogen (secondary N) is 2. The first kappa shape index (κ1) is 23.4. The Balaban J connectivity index is 1.46. The van der Waals surface area contributed by atoms with Gasteiger partial charge in [-0.2, -0.15) is 0 Å². The van der Waals surface area contributed by atoms with Crippen molar-refractivity contribution >= 4 is 35.1 Å². The molecule has 9 heteroatoms. The predicted octanol–water partition coefficient (Wildman–Crippen LogP) is 2.69. The molecule has 8 nitrogen and oxygen atoms in total. The quantitative estimate of drug-likeness (QED) is 0.674. The van der Waals surface area contributed by atoms with Crippen molar-refractivity contribution in [2.24, 2.45) is 5.92 Å². The van der Waals surface area contributed by atoms with E-state index in [1.807, 2.05) is 36.1 Å². The van der Waals surface area contributed by atoms with Gasteiger partial charge in [-0.15, -0.1) is 0 Å². The summed E-state index contributed by atoms with van der Waals surface area (Å²) in [5.74, 6) is 1.19. The monoisotopic (exact) mass is 470 g/mol. The normalized spacial score (nSPS) is 19.3. The van der Waals surface area contributed by atoms with Crippen LogP contribution in [0.15, 0.2) is 30.6 Å². The second kappa shape index (κ2) is 10.1. The smallest absolute Gasteiger partial charge is 0.231 e. The van der Waals surface area contributed by atoms with Crippen LogP contribution in [0.1, 0.15) is 37.8 Å². The molecule has 1 aromatic heterocycles. The van der Waals surface area contributed by atoms with E-state index in [0.29, 0.717) is 50.0 Å². The molecule has 0 radical (unpaired) electrons. The van der Waals surface area contributed by atoms with Crippen molar-refractivity contribution in [1.82, 2.24) is 20.2 Å². The molecule has 2 amide bonds. The number of fused-ring (bicyclic) bond motifs is 1. The number of amides is 2. The Bertz CT molecular complexity index is 1000. The highest BCUT2D eigenvalue weighted by atomic mass is 35.5. The Labute approximate surface area is 199 Å². The van der Waals surface area contributed by atoms with Gasteiger partial charge in [0.2, 0.25) is 11.8 Å². The molecule has 0 aliphatic carbocycles. The molecule has 2 atom stereocenters. The third kappa shape index (κ3) is 5.28. The maximum absolute atomic E-state index is 13.5. The first-order valence-electron chi connectivity index (χ1n) is 11.5. The van der Waals surface area contributed by atoms with E-state index in [2.05, 4.69) is 39.3 Å². The number of hydrogen-bond acceptors (Lipinski definition) is 6. The molecule has 2 aliphatic heterocycles. The minimum Gasteiger partial charge on any atom is -0.353 e. The number of rotatable bonds is 6. The molecule has 176 valence electrons. The molecule has 3 heterocycles. The predicted molar refractivity (Wildman–Crippen MR) is 130 cm³/mol. The molecule has 0 unspecified atom stereocenters. The Morgan fingerprint density at radius 2 is 1.88 bits per heavy atom. The van der Waals surface area contributed by atoms with Crippen LogP contribution in [0.4, 0.5) is 11.6 Å². The summed E-state index contributed by atoms with van der Waals surface area (Å²) in [4.78, 5) is 38.4. The van der Waals surface area contributed by atoms with Gasteiger partial charge in [-0.1, -0.05) is 44.5 Å². The van der Waals surface area contributed by atoms with Gasteiger partial charge in [-0.3, -0.25) is 9.59 Å². The van der Waals surface area contributed by atoms with E-state index in [-0.39, 0.29) is 29.7 Å². The van der Waals surface area contributed by atoms with E-state index in [1.165, 1.54) is 6.33 Å². The highest BCUT2D eigenvalue weighted by molar-refractivity contribution is 6.30. The summed E-state index contributed by atoms with van der Waals surface area (Å²) >= 11 is 6.06. The van der Waals surface area contributed by atoms with E-state index in [4.69, 9.17) is 11.6 Å². The number of nitrogens with zero attached hydrogens (tertiary/aromatic N) is 4. The van der Waals surface area contributed by atoms with E-state index in [1.54, 1.807) is 0 Å². The second-order valence-corrected chi connectivity index (χ2v) is 9.53. The van der Waals surface area contributed by atoms with Gasteiger partial charge in [-0.25, -0.2) is 9.97 Å². The highest BCUT2D eigenvalue weighted by Gasteiger charge is 2.32. The van der Waals surface area contributed by atoms with Crippen LogP contribution in [0, 0.1) is 5.92 Å². The standard InChI is InChI=1S/C24H31ClN6O2/c1-15(2)26-13-20(17-4-6-18(25)7-5-17)24(33)31-10-8-30(9-11-31)22-19-12-16(3)23(32)29-21(19)27-14-28-22/h4-7,14-16,20,26H,8-13H2,1-3H3,(H,27,28,29,32)/t16-,20-/m1/s1.